The molecule has 0 bridgehead atoms. The van der Waals surface area contributed by atoms with Crippen molar-refractivity contribution in [3.05, 3.63) is 52.8 Å². The molecule has 1 aliphatic heterocycles. The van der Waals surface area contributed by atoms with Crippen molar-refractivity contribution < 1.29 is 4.39 Å². The number of anilines is 2. The fourth-order valence-corrected chi connectivity index (χ4v) is 2.23. The lowest BCUT2D eigenvalue weighted by atomic mass is 10.1. The number of halogens is 1. The molecule has 3 rings (SSSR count). The molecule has 5 nitrogen and oxygen atoms in total. The van der Waals surface area contributed by atoms with Crippen LogP contribution in [0.2, 0.25) is 0 Å². The summed E-state index contributed by atoms with van der Waals surface area (Å²) in [5.41, 5.74) is 0.790. The smallest absolute Gasteiger partial charge is 0.293 e. The predicted molar refractivity (Wildman–Crippen MR) is 75.5 cm³/mol. The molecule has 1 N–H and O–H groups in total. The summed E-state index contributed by atoms with van der Waals surface area (Å²) in [6, 6.07) is 6.50. The third kappa shape index (κ3) is 2.36. The van der Waals surface area contributed by atoms with E-state index in [2.05, 4.69) is 10.3 Å². The fourth-order valence-electron chi connectivity index (χ4n) is 2.23. The maximum atomic E-state index is 12.8. The SMILES string of the molecule is Cn1ccnc(N2CC(Nc3ccc(F)cc3)C2)c1=O. The molecule has 0 aliphatic carbocycles. The van der Waals surface area contributed by atoms with Gasteiger partial charge in [-0.3, -0.25) is 4.79 Å². The predicted octanol–water partition coefficient (Wildman–Crippen LogP) is 1.22. The highest BCUT2D eigenvalue weighted by atomic mass is 19.1. The van der Waals surface area contributed by atoms with Gasteiger partial charge < -0.3 is 14.8 Å². The average molecular weight is 274 g/mol. The minimum Gasteiger partial charge on any atom is -0.379 e. The molecule has 0 saturated carbocycles. The summed E-state index contributed by atoms with van der Waals surface area (Å²) >= 11 is 0. The van der Waals surface area contributed by atoms with Gasteiger partial charge >= 0.3 is 0 Å². The lowest BCUT2D eigenvalue weighted by molar-refractivity contribution is 0.539. The van der Waals surface area contributed by atoms with Crippen LogP contribution in [-0.2, 0) is 7.05 Å². The first-order chi connectivity index (χ1) is 9.63. The van der Waals surface area contributed by atoms with Crippen molar-refractivity contribution in [1.82, 2.24) is 9.55 Å². The van der Waals surface area contributed by atoms with E-state index in [1.165, 1.54) is 16.7 Å². The van der Waals surface area contributed by atoms with Gasteiger partial charge in [-0.15, -0.1) is 0 Å². The number of aromatic nitrogens is 2. The van der Waals surface area contributed by atoms with Crippen molar-refractivity contribution in [1.29, 1.82) is 0 Å². The van der Waals surface area contributed by atoms with E-state index in [1.54, 1.807) is 31.6 Å². The number of hydrogen-bond acceptors (Lipinski definition) is 4. The van der Waals surface area contributed by atoms with Crippen LogP contribution in [0.1, 0.15) is 0 Å². The quantitative estimate of drug-likeness (QED) is 0.914. The minimum absolute atomic E-state index is 0.0901. The molecular weight excluding hydrogens is 259 g/mol. The minimum atomic E-state index is -0.247. The van der Waals surface area contributed by atoms with E-state index in [0.29, 0.717) is 18.9 Å². The zero-order valence-electron chi connectivity index (χ0n) is 11.1. The molecular formula is C14H15FN4O. The normalized spacial score (nSPS) is 15.0. The number of aryl methyl sites for hydroxylation is 1. The monoisotopic (exact) mass is 274 g/mol. The van der Waals surface area contributed by atoms with Gasteiger partial charge in [0, 0.05) is 38.2 Å². The Morgan fingerprint density at radius 3 is 2.70 bits per heavy atom. The second-order valence-corrected chi connectivity index (χ2v) is 4.92. The molecule has 1 fully saturated rings. The van der Waals surface area contributed by atoms with Gasteiger partial charge in [0.1, 0.15) is 5.82 Å². The summed E-state index contributed by atoms with van der Waals surface area (Å²) in [5, 5.41) is 3.29. The van der Waals surface area contributed by atoms with E-state index in [0.717, 1.165) is 5.69 Å². The van der Waals surface area contributed by atoms with Gasteiger partial charge in [-0.1, -0.05) is 0 Å². The summed E-state index contributed by atoms with van der Waals surface area (Å²) in [4.78, 5) is 18.0. The molecule has 6 heteroatoms. The van der Waals surface area contributed by atoms with Crippen molar-refractivity contribution in [3.63, 3.8) is 0 Å². The first kappa shape index (κ1) is 12.7. The standard InChI is InChI=1S/C14H15FN4O/c1-18-7-6-16-13(14(18)20)19-8-12(9-19)17-11-4-2-10(15)3-5-11/h2-7,12,17H,8-9H2,1H3. The van der Waals surface area contributed by atoms with E-state index in [9.17, 15) is 9.18 Å². The van der Waals surface area contributed by atoms with Gasteiger partial charge in [-0.25, -0.2) is 9.37 Å². The van der Waals surface area contributed by atoms with Crippen LogP contribution >= 0.6 is 0 Å². The van der Waals surface area contributed by atoms with E-state index >= 15 is 0 Å². The van der Waals surface area contributed by atoms with E-state index in [1.807, 2.05) is 4.90 Å². The van der Waals surface area contributed by atoms with Crippen molar-refractivity contribution in [2.75, 3.05) is 23.3 Å². The van der Waals surface area contributed by atoms with Crippen LogP contribution < -0.4 is 15.8 Å². The van der Waals surface area contributed by atoms with Gasteiger partial charge in [-0.05, 0) is 24.3 Å². The summed E-state index contributed by atoms with van der Waals surface area (Å²) in [5.74, 6) is 0.231. The Morgan fingerprint density at radius 1 is 1.30 bits per heavy atom. The van der Waals surface area contributed by atoms with Crippen molar-refractivity contribution in [2.24, 2.45) is 7.05 Å². The van der Waals surface area contributed by atoms with Gasteiger partial charge in [0.05, 0.1) is 6.04 Å². The van der Waals surface area contributed by atoms with Crippen LogP contribution in [0.5, 0.6) is 0 Å². The maximum absolute atomic E-state index is 12.8. The van der Waals surface area contributed by atoms with Crippen LogP contribution in [0, 0.1) is 5.82 Å². The number of nitrogens with zero attached hydrogens (tertiary/aromatic N) is 3. The third-order valence-electron chi connectivity index (χ3n) is 3.39. The molecule has 0 atom stereocenters. The van der Waals surface area contributed by atoms with Gasteiger partial charge in [0.15, 0.2) is 5.82 Å². The largest absolute Gasteiger partial charge is 0.379 e. The molecule has 0 radical (unpaired) electrons. The van der Waals surface area contributed by atoms with Crippen LogP contribution in [-0.4, -0.2) is 28.7 Å². The van der Waals surface area contributed by atoms with Gasteiger partial charge in [-0.2, -0.15) is 0 Å². The third-order valence-corrected chi connectivity index (χ3v) is 3.39. The summed E-state index contributed by atoms with van der Waals surface area (Å²) in [6.07, 6.45) is 3.26. The first-order valence-corrected chi connectivity index (χ1v) is 6.42. The topological polar surface area (TPSA) is 50.2 Å². The highest BCUT2D eigenvalue weighted by Gasteiger charge is 2.29. The lowest BCUT2D eigenvalue weighted by Crippen LogP contribution is -2.56. The molecule has 0 spiro atoms. The molecule has 0 unspecified atom stereocenters. The summed E-state index contributed by atoms with van der Waals surface area (Å²) in [6.45, 7) is 1.42. The Balaban J connectivity index is 1.63. The fraction of sp³-hybridized carbons (Fsp3) is 0.286. The van der Waals surface area contributed by atoms with Crippen LogP contribution in [0.4, 0.5) is 15.9 Å². The van der Waals surface area contributed by atoms with Crippen LogP contribution in [0.3, 0.4) is 0 Å². The molecule has 20 heavy (non-hydrogen) atoms. The van der Waals surface area contributed by atoms with Gasteiger partial charge in [0.2, 0.25) is 0 Å². The van der Waals surface area contributed by atoms with Crippen molar-refractivity contribution >= 4 is 11.5 Å². The Labute approximate surface area is 115 Å². The second kappa shape index (κ2) is 4.96. The van der Waals surface area contributed by atoms with E-state index in [-0.39, 0.29) is 17.4 Å². The number of benzene rings is 1. The number of hydrogen-bond donors (Lipinski definition) is 1. The Morgan fingerprint density at radius 2 is 2.00 bits per heavy atom. The number of rotatable bonds is 3. The van der Waals surface area contributed by atoms with Crippen molar-refractivity contribution in [2.45, 2.75) is 6.04 Å². The second-order valence-electron chi connectivity index (χ2n) is 4.92. The highest BCUT2D eigenvalue weighted by Crippen LogP contribution is 2.18. The molecule has 2 heterocycles. The number of nitrogens with one attached hydrogen (secondary N) is 1. The van der Waals surface area contributed by atoms with E-state index in [4.69, 9.17) is 0 Å². The molecule has 104 valence electrons. The molecule has 2 aromatic rings. The molecule has 1 aromatic heterocycles. The molecule has 1 saturated heterocycles. The Bertz CT molecular complexity index is 662. The average Bonchev–Trinajstić information content (AvgIpc) is 2.39. The zero-order chi connectivity index (χ0) is 14.1. The van der Waals surface area contributed by atoms with Crippen LogP contribution in [0.25, 0.3) is 0 Å². The van der Waals surface area contributed by atoms with Crippen LogP contribution in [0.15, 0.2) is 41.5 Å². The van der Waals surface area contributed by atoms with Crippen molar-refractivity contribution in [3.8, 4) is 0 Å². The van der Waals surface area contributed by atoms with E-state index < -0.39 is 0 Å². The highest BCUT2D eigenvalue weighted by molar-refractivity contribution is 5.48. The Hall–Kier alpha value is -2.37. The first-order valence-electron chi connectivity index (χ1n) is 6.42. The molecule has 0 amide bonds. The molecule has 1 aromatic carbocycles. The lowest BCUT2D eigenvalue weighted by Gasteiger charge is -2.40. The summed E-state index contributed by atoms with van der Waals surface area (Å²) < 4.78 is 14.3. The molecule has 1 aliphatic rings. The Kier molecular flexibility index (Phi) is 3.14. The zero-order valence-corrected chi connectivity index (χ0v) is 11.1. The maximum Gasteiger partial charge on any atom is 0.293 e. The summed E-state index contributed by atoms with van der Waals surface area (Å²) in [7, 11) is 1.71. The van der Waals surface area contributed by atoms with Gasteiger partial charge in [0.25, 0.3) is 5.56 Å².